The van der Waals surface area contributed by atoms with Gasteiger partial charge in [-0.1, -0.05) is 0 Å². The van der Waals surface area contributed by atoms with Crippen LogP contribution in [-0.4, -0.2) is 22.9 Å². The fraction of sp³-hybridized carbons (Fsp3) is 0.462. The van der Waals surface area contributed by atoms with Gasteiger partial charge < -0.3 is 10.6 Å². The van der Waals surface area contributed by atoms with Crippen LogP contribution in [0, 0.1) is 15.9 Å². The van der Waals surface area contributed by atoms with E-state index in [1.807, 2.05) is 20.8 Å². The largest absolute Gasteiger partial charge is 0.350 e. The standard InChI is InChI=1S/C13H18FN3O3/c1-13(2,3)16-12(18)8-15-7-9-4-10(14)6-11(5-9)17(19)20/h4-6,15H,7-8H2,1-3H3,(H,16,18). The molecule has 0 heterocycles. The third kappa shape index (κ3) is 5.75. The number of amides is 1. The van der Waals surface area contributed by atoms with Crippen molar-refractivity contribution in [1.82, 2.24) is 10.6 Å². The van der Waals surface area contributed by atoms with E-state index >= 15 is 0 Å². The van der Waals surface area contributed by atoms with Gasteiger partial charge >= 0.3 is 0 Å². The summed E-state index contributed by atoms with van der Waals surface area (Å²) in [7, 11) is 0. The van der Waals surface area contributed by atoms with E-state index in [2.05, 4.69) is 10.6 Å². The summed E-state index contributed by atoms with van der Waals surface area (Å²) in [6.45, 7) is 5.82. The first-order valence-electron chi connectivity index (χ1n) is 6.13. The molecule has 2 N–H and O–H groups in total. The molecule has 0 aliphatic rings. The van der Waals surface area contributed by atoms with E-state index in [-0.39, 0.29) is 30.2 Å². The van der Waals surface area contributed by atoms with Gasteiger partial charge in [0.1, 0.15) is 5.82 Å². The molecule has 0 aromatic heterocycles. The lowest BCUT2D eigenvalue weighted by atomic mass is 10.1. The molecular formula is C13H18FN3O3. The average molecular weight is 283 g/mol. The van der Waals surface area contributed by atoms with Crippen LogP contribution in [0.15, 0.2) is 18.2 Å². The molecule has 0 saturated heterocycles. The first kappa shape index (κ1) is 16.0. The summed E-state index contributed by atoms with van der Waals surface area (Å²) >= 11 is 0. The smallest absolute Gasteiger partial charge is 0.272 e. The number of carbonyl (C=O) groups is 1. The maximum absolute atomic E-state index is 13.2. The van der Waals surface area contributed by atoms with E-state index in [1.165, 1.54) is 12.1 Å². The third-order valence-corrected chi connectivity index (χ3v) is 2.28. The third-order valence-electron chi connectivity index (χ3n) is 2.28. The zero-order chi connectivity index (χ0) is 15.3. The molecule has 7 heteroatoms. The minimum Gasteiger partial charge on any atom is -0.350 e. The van der Waals surface area contributed by atoms with Crippen molar-refractivity contribution in [3.63, 3.8) is 0 Å². The Hall–Kier alpha value is -2.02. The van der Waals surface area contributed by atoms with Crippen molar-refractivity contribution in [3.8, 4) is 0 Å². The number of non-ortho nitro benzene ring substituents is 1. The van der Waals surface area contributed by atoms with Gasteiger partial charge in [-0.05, 0) is 32.4 Å². The van der Waals surface area contributed by atoms with Gasteiger partial charge in [0.2, 0.25) is 5.91 Å². The highest BCUT2D eigenvalue weighted by Gasteiger charge is 2.13. The molecule has 0 fully saturated rings. The van der Waals surface area contributed by atoms with Crippen molar-refractivity contribution in [2.45, 2.75) is 32.9 Å². The zero-order valence-electron chi connectivity index (χ0n) is 11.7. The summed E-state index contributed by atoms with van der Waals surface area (Å²) in [4.78, 5) is 21.5. The van der Waals surface area contributed by atoms with Crippen molar-refractivity contribution in [2.75, 3.05) is 6.54 Å². The molecule has 6 nitrogen and oxygen atoms in total. The topological polar surface area (TPSA) is 84.3 Å². The van der Waals surface area contributed by atoms with Gasteiger partial charge in [-0.25, -0.2) is 4.39 Å². The van der Waals surface area contributed by atoms with Crippen LogP contribution < -0.4 is 10.6 Å². The Bertz CT molecular complexity index is 512. The van der Waals surface area contributed by atoms with E-state index in [0.29, 0.717) is 5.56 Å². The van der Waals surface area contributed by atoms with E-state index in [9.17, 15) is 19.3 Å². The minimum atomic E-state index is -0.671. The van der Waals surface area contributed by atoms with E-state index in [0.717, 1.165) is 6.07 Å². The van der Waals surface area contributed by atoms with Crippen LogP contribution in [0.3, 0.4) is 0 Å². The van der Waals surface area contributed by atoms with E-state index in [4.69, 9.17) is 0 Å². The number of halogens is 1. The van der Waals surface area contributed by atoms with Crippen molar-refractivity contribution in [2.24, 2.45) is 0 Å². The van der Waals surface area contributed by atoms with Gasteiger partial charge in [-0.15, -0.1) is 0 Å². The van der Waals surface area contributed by atoms with Crippen LogP contribution in [0.2, 0.25) is 0 Å². The summed E-state index contributed by atoms with van der Waals surface area (Å²) in [5.74, 6) is -0.862. The molecule has 0 spiro atoms. The quantitative estimate of drug-likeness (QED) is 0.636. The normalized spacial score (nSPS) is 11.2. The summed E-state index contributed by atoms with van der Waals surface area (Å²) in [5.41, 5.74) is -0.211. The van der Waals surface area contributed by atoms with Gasteiger partial charge in [0.15, 0.2) is 0 Å². The molecule has 1 aromatic rings. The van der Waals surface area contributed by atoms with Gasteiger partial charge in [-0.2, -0.15) is 0 Å². The molecule has 110 valence electrons. The molecule has 0 radical (unpaired) electrons. The molecule has 0 unspecified atom stereocenters. The Labute approximate surface area is 116 Å². The summed E-state index contributed by atoms with van der Waals surface area (Å²) in [6, 6.07) is 3.33. The monoisotopic (exact) mass is 283 g/mol. The first-order chi connectivity index (χ1) is 9.17. The fourth-order valence-corrected chi connectivity index (χ4v) is 1.62. The molecule has 1 aromatic carbocycles. The van der Waals surface area contributed by atoms with Gasteiger partial charge in [-0.3, -0.25) is 14.9 Å². The van der Waals surface area contributed by atoms with Crippen molar-refractivity contribution < 1.29 is 14.1 Å². The number of benzene rings is 1. The number of rotatable bonds is 5. The number of nitrogens with one attached hydrogen (secondary N) is 2. The maximum atomic E-state index is 13.2. The molecule has 0 atom stereocenters. The number of nitrogens with zero attached hydrogens (tertiary/aromatic N) is 1. The molecule has 0 saturated carbocycles. The van der Waals surface area contributed by atoms with Gasteiger partial charge in [0, 0.05) is 18.2 Å². The highest BCUT2D eigenvalue weighted by atomic mass is 19.1. The van der Waals surface area contributed by atoms with Crippen LogP contribution in [0.1, 0.15) is 26.3 Å². The molecule has 0 bridgehead atoms. The Morgan fingerprint density at radius 1 is 1.35 bits per heavy atom. The molecule has 1 rings (SSSR count). The van der Waals surface area contributed by atoms with Gasteiger partial charge in [0.05, 0.1) is 17.5 Å². The maximum Gasteiger partial charge on any atom is 0.272 e. The Morgan fingerprint density at radius 3 is 2.55 bits per heavy atom. The molecule has 0 aliphatic heterocycles. The molecule has 1 amide bonds. The average Bonchev–Trinajstić information content (AvgIpc) is 2.25. The van der Waals surface area contributed by atoms with Gasteiger partial charge in [0.25, 0.3) is 5.69 Å². The highest BCUT2D eigenvalue weighted by molar-refractivity contribution is 5.78. The second-order valence-corrected chi connectivity index (χ2v) is 5.48. The number of carbonyl (C=O) groups excluding carboxylic acids is 1. The lowest BCUT2D eigenvalue weighted by Crippen LogP contribution is -2.44. The van der Waals surface area contributed by atoms with Crippen LogP contribution in [0.4, 0.5) is 10.1 Å². The fourth-order valence-electron chi connectivity index (χ4n) is 1.62. The van der Waals surface area contributed by atoms with Crippen LogP contribution >= 0.6 is 0 Å². The van der Waals surface area contributed by atoms with E-state index in [1.54, 1.807) is 0 Å². The first-order valence-corrected chi connectivity index (χ1v) is 6.13. The SMILES string of the molecule is CC(C)(C)NC(=O)CNCc1cc(F)cc([N+](=O)[O-])c1. The molecule has 0 aliphatic carbocycles. The molecule has 20 heavy (non-hydrogen) atoms. The predicted octanol–water partition coefficient (Wildman–Crippen LogP) is 1.74. The van der Waals surface area contributed by atoms with E-state index < -0.39 is 10.7 Å². The Balaban J connectivity index is 2.54. The predicted molar refractivity (Wildman–Crippen MR) is 72.7 cm³/mol. The van der Waals surface area contributed by atoms with Crippen molar-refractivity contribution in [1.29, 1.82) is 0 Å². The second-order valence-electron chi connectivity index (χ2n) is 5.48. The Morgan fingerprint density at radius 2 is 2.00 bits per heavy atom. The van der Waals surface area contributed by atoms with Crippen molar-refractivity contribution in [3.05, 3.63) is 39.7 Å². The summed E-state index contributed by atoms with van der Waals surface area (Å²) in [5, 5.41) is 16.2. The number of hydrogen-bond donors (Lipinski definition) is 2. The summed E-state index contributed by atoms with van der Waals surface area (Å²) in [6.07, 6.45) is 0. The minimum absolute atomic E-state index is 0.0571. The van der Waals surface area contributed by atoms with Crippen LogP contribution in [0.25, 0.3) is 0 Å². The van der Waals surface area contributed by atoms with Crippen LogP contribution in [0.5, 0.6) is 0 Å². The Kier molecular flexibility index (Phi) is 5.15. The summed E-state index contributed by atoms with van der Waals surface area (Å²) < 4.78 is 13.2. The lowest BCUT2D eigenvalue weighted by Gasteiger charge is -2.20. The van der Waals surface area contributed by atoms with Crippen LogP contribution in [-0.2, 0) is 11.3 Å². The second kappa shape index (κ2) is 6.42. The number of nitro groups is 1. The number of nitro benzene ring substituents is 1. The zero-order valence-corrected chi connectivity index (χ0v) is 11.7. The highest BCUT2D eigenvalue weighted by Crippen LogP contribution is 2.16. The number of hydrogen-bond acceptors (Lipinski definition) is 4. The molecular weight excluding hydrogens is 265 g/mol. The van der Waals surface area contributed by atoms with Crippen molar-refractivity contribution >= 4 is 11.6 Å². The lowest BCUT2D eigenvalue weighted by molar-refractivity contribution is -0.385.